The summed E-state index contributed by atoms with van der Waals surface area (Å²) in [5, 5.41) is 8.34. The number of imidazole rings is 1. The van der Waals surface area contributed by atoms with Crippen molar-refractivity contribution in [3.63, 3.8) is 0 Å². The van der Waals surface area contributed by atoms with Gasteiger partial charge in [0.05, 0.1) is 49.7 Å². The molecular formula is C27H29F5N6O2. The van der Waals surface area contributed by atoms with E-state index >= 15 is 0 Å². The Morgan fingerprint density at radius 3 is 2.70 bits per heavy atom. The summed E-state index contributed by atoms with van der Waals surface area (Å²) in [6.45, 7) is 0.0553. The fraction of sp³-hybridized carbons (Fsp3) is 0.407. The Morgan fingerprint density at radius 2 is 2.02 bits per heavy atom. The lowest BCUT2D eigenvalue weighted by atomic mass is 10.0. The van der Waals surface area contributed by atoms with Gasteiger partial charge in [-0.2, -0.15) is 13.2 Å². The second-order valence-electron chi connectivity index (χ2n) is 9.45. The molecule has 3 aromatic rings. The Morgan fingerprint density at radius 1 is 1.25 bits per heavy atom. The predicted octanol–water partition coefficient (Wildman–Crippen LogP) is 4.02. The van der Waals surface area contributed by atoms with E-state index in [-0.39, 0.29) is 41.6 Å². The van der Waals surface area contributed by atoms with E-state index in [4.69, 9.17) is 4.74 Å². The number of likely N-dealkylation sites (tertiary alicyclic amines) is 1. The number of piperidine rings is 1. The number of methoxy groups -OCH3 is 1. The molecule has 3 heterocycles. The lowest BCUT2D eigenvalue weighted by Gasteiger charge is -2.37. The van der Waals surface area contributed by atoms with E-state index in [0.29, 0.717) is 23.5 Å². The fourth-order valence-electron chi connectivity index (χ4n) is 4.55. The maximum Gasteiger partial charge on any atom is 0.394 e. The minimum absolute atomic E-state index is 0.0297. The highest BCUT2D eigenvalue weighted by atomic mass is 19.4. The van der Waals surface area contributed by atoms with Crippen LogP contribution in [0.1, 0.15) is 28.2 Å². The van der Waals surface area contributed by atoms with Crippen LogP contribution in [-0.2, 0) is 6.42 Å². The summed E-state index contributed by atoms with van der Waals surface area (Å²) < 4.78 is 76.3. The van der Waals surface area contributed by atoms with Gasteiger partial charge in [0.2, 0.25) is 0 Å². The van der Waals surface area contributed by atoms with Gasteiger partial charge in [-0.15, -0.1) is 0 Å². The predicted molar refractivity (Wildman–Crippen MR) is 141 cm³/mol. The molecule has 0 spiro atoms. The second kappa shape index (κ2) is 11.6. The monoisotopic (exact) mass is 564 g/mol. The van der Waals surface area contributed by atoms with E-state index in [1.54, 1.807) is 25.2 Å². The van der Waals surface area contributed by atoms with Crippen LogP contribution in [0.3, 0.4) is 0 Å². The number of aromatic nitrogens is 2. The summed E-state index contributed by atoms with van der Waals surface area (Å²) in [5.41, 5.74) is 0.902. The number of amides is 1. The van der Waals surface area contributed by atoms with Crippen molar-refractivity contribution in [3.8, 4) is 17.6 Å². The number of carbonyl (C=O) groups is 1. The van der Waals surface area contributed by atoms with Gasteiger partial charge in [0.1, 0.15) is 11.4 Å². The highest BCUT2D eigenvalue weighted by Crippen LogP contribution is 2.32. The van der Waals surface area contributed by atoms with E-state index in [0.717, 1.165) is 0 Å². The van der Waals surface area contributed by atoms with Gasteiger partial charge in [-0.1, -0.05) is 5.92 Å². The van der Waals surface area contributed by atoms with Crippen LogP contribution < -0.4 is 20.7 Å². The van der Waals surface area contributed by atoms with Crippen LogP contribution >= 0.6 is 0 Å². The number of ether oxygens (including phenoxy) is 1. The molecule has 1 unspecified atom stereocenters. The molecule has 3 N–H and O–H groups in total. The number of hydrogen-bond acceptors (Lipinski definition) is 6. The smallest absolute Gasteiger partial charge is 0.394 e. The largest absolute Gasteiger partial charge is 0.495 e. The standard InChI is InChI=1S/C27H29F5N6O2/c1-33-25(39)17-8-9-19(22(14-17)40-3)34-11-4-6-18-21(15-27(30,31)32)38-12-5-7-20(24(38)36-18)35-23-10-13-37(2)16-26(23,28)29/h5,7-9,12,14,23,34-35H,10-11,13,15-16H2,1-3H3,(H,33,39). The molecule has 40 heavy (non-hydrogen) atoms. The summed E-state index contributed by atoms with van der Waals surface area (Å²) in [4.78, 5) is 17.7. The molecule has 0 radical (unpaired) electrons. The normalized spacial score (nSPS) is 17.1. The molecule has 1 aliphatic rings. The van der Waals surface area contributed by atoms with Gasteiger partial charge in [0.25, 0.3) is 11.8 Å². The first-order valence-corrected chi connectivity index (χ1v) is 12.4. The molecule has 0 bridgehead atoms. The topological polar surface area (TPSA) is 82.9 Å². The maximum absolute atomic E-state index is 14.7. The highest BCUT2D eigenvalue weighted by molar-refractivity contribution is 5.95. The summed E-state index contributed by atoms with van der Waals surface area (Å²) in [6, 6.07) is 6.56. The number of benzene rings is 1. The fourth-order valence-corrected chi connectivity index (χ4v) is 4.55. The molecule has 1 fully saturated rings. The zero-order valence-electron chi connectivity index (χ0n) is 22.1. The molecular weight excluding hydrogens is 535 g/mol. The minimum atomic E-state index is -4.55. The molecule has 1 amide bonds. The van der Waals surface area contributed by atoms with Crippen LogP contribution in [0.2, 0.25) is 0 Å². The Kier molecular flexibility index (Phi) is 8.39. The molecule has 13 heteroatoms. The Hall–Kier alpha value is -4.05. The minimum Gasteiger partial charge on any atom is -0.495 e. The van der Waals surface area contributed by atoms with Crippen molar-refractivity contribution in [1.29, 1.82) is 0 Å². The Bertz CT molecular complexity index is 1440. The molecule has 1 aromatic carbocycles. The summed E-state index contributed by atoms with van der Waals surface area (Å²) in [7, 11) is 4.55. The van der Waals surface area contributed by atoms with E-state index < -0.39 is 31.1 Å². The third-order valence-corrected chi connectivity index (χ3v) is 6.50. The second-order valence-corrected chi connectivity index (χ2v) is 9.45. The van der Waals surface area contributed by atoms with Gasteiger partial charge in [-0.3, -0.25) is 4.79 Å². The van der Waals surface area contributed by atoms with Gasteiger partial charge in [-0.05, 0) is 49.7 Å². The summed E-state index contributed by atoms with van der Waals surface area (Å²) in [5.74, 6) is 2.53. The molecule has 214 valence electrons. The van der Waals surface area contributed by atoms with Crippen molar-refractivity contribution in [2.24, 2.45) is 0 Å². The molecule has 8 nitrogen and oxygen atoms in total. The third kappa shape index (κ3) is 6.56. The van der Waals surface area contributed by atoms with Crippen molar-refractivity contribution in [2.45, 2.75) is 31.0 Å². The van der Waals surface area contributed by atoms with Crippen molar-refractivity contribution < 1.29 is 31.5 Å². The van der Waals surface area contributed by atoms with Crippen molar-refractivity contribution in [3.05, 3.63) is 53.5 Å². The van der Waals surface area contributed by atoms with Gasteiger partial charge in [0, 0.05) is 25.4 Å². The number of carbonyl (C=O) groups excluding carboxylic acids is 1. The number of anilines is 2. The number of hydrogen-bond donors (Lipinski definition) is 3. The molecule has 4 rings (SSSR count). The molecule has 1 atom stereocenters. The number of nitrogens with one attached hydrogen (secondary N) is 3. The summed E-state index contributed by atoms with van der Waals surface area (Å²) >= 11 is 0. The zero-order valence-corrected chi connectivity index (χ0v) is 22.1. The first-order valence-electron chi connectivity index (χ1n) is 12.4. The van der Waals surface area contributed by atoms with Crippen LogP contribution in [0, 0.1) is 11.8 Å². The van der Waals surface area contributed by atoms with E-state index in [1.807, 2.05) is 0 Å². The van der Waals surface area contributed by atoms with Crippen LogP contribution in [0.4, 0.5) is 33.3 Å². The molecule has 1 aliphatic heterocycles. The van der Waals surface area contributed by atoms with Gasteiger partial charge in [-0.25, -0.2) is 13.8 Å². The Balaban J connectivity index is 1.61. The number of alkyl halides is 5. The van der Waals surface area contributed by atoms with Crippen LogP contribution in [-0.4, -0.2) is 79.2 Å². The van der Waals surface area contributed by atoms with E-state index in [2.05, 4.69) is 32.8 Å². The summed E-state index contributed by atoms with van der Waals surface area (Å²) in [6.07, 6.45) is -4.28. The molecule has 0 aliphatic carbocycles. The van der Waals surface area contributed by atoms with Gasteiger partial charge in [0.15, 0.2) is 5.65 Å². The first-order chi connectivity index (χ1) is 18.9. The van der Waals surface area contributed by atoms with Crippen LogP contribution in [0.25, 0.3) is 5.65 Å². The molecule has 1 saturated heterocycles. The lowest BCUT2D eigenvalue weighted by molar-refractivity contribution is -0.128. The van der Waals surface area contributed by atoms with Crippen molar-refractivity contribution in [2.75, 3.05) is 51.5 Å². The van der Waals surface area contributed by atoms with E-state index in [1.165, 1.54) is 41.8 Å². The zero-order chi connectivity index (χ0) is 29.1. The van der Waals surface area contributed by atoms with Gasteiger partial charge >= 0.3 is 6.18 Å². The Labute approximate surface area is 227 Å². The average molecular weight is 565 g/mol. The number of halogens is 5. The van der Waals surface area contributed by atoms with Crippen LogP contribution in [0.5, 0.6) is 5.75 Å². The SMILES string of the molecule is CNC(=O)c1ccc(NCC#Cc2nc3c(NC4CCN(C)CC4(F)F)cccn3c2CC(F)(F)F)c(OC)c1. The number of fused-ring (bicyclic) bond motifs is 1. The van der Waals surface area contributed by atoms with Crippen LogP contribution in [0.15, 0.2) is 36.5 Å². The molecule has 2 aromatic heterocycles. The maximum atomic E-state index is 14.7. The molecule has 0 saturated carbocycles. The number of rotatable bonds is 7. The number of nitrogens with zero attached hydrogens (tertiary/aromatic N) is 3. The number of pyridine rings is 1. The quantitative estimate of drug-likeness (QED) is 0.297. The highest BCUT2D eigenvalue weighted by Gasteiger charge is 2.44. The van der Waals surface area contributed by atoms with E-state index in [9.17, 15) is 26.7 Å². The average Bonchev–Trinajstić information content (AvgIpc) is 3.23. The third-order valence-electron chi connectivity index (χ3n) is 6.50. The first kappa shape index (κ1) is 28.9. The lowest BCUT2D eigenvalue weighted by Crippen LogP contribution is -2.53. The van der Waals surface area contributed by atoms with Crippen molar-refractivity contribution >= 4 is 22.9 Å². The van der Waals surface area contributed by atoms with Gasteiger partial charge < -0.3 is 30.0 Å². The van der Waals surface area contributed by atoms with Crippen molar-refractivity contribution in [1.82, 2.24) is 19.6 Å².